The molecular weight excluding hydrogens is 217 g/mol. The zero-order chi connectivity index (χ0) is 11.5. The Balaban J connectivity index is 2.87. The van der Waals surface area contributed by atoms with Gasteiger partial charge in [0.05, 0.1) is 5.75 Å². The van der Waals surface area contributed by atoms with Crippen molar-refractivity contribution in [1.29, 1.82) is 0 Å². The van der Waals surface area contributed by atoms with Crippen molar-refractivity contribution in [2.45, 2.75) is 13.0 Å². The number of benzene rings is 1. The molecule has 0 saturated carbocycles. The van der Waals surface area contributed by atoms with Gasteiger partial charge in [0.2, 0.25) is 0 Å². The Hall–Kier alpha value is -0.940. The van der Waals surface area contributed by atoms with Crippen LogP contribution in [0.3, 0.4) is 0 Å². The van der Waals surface area contributed by atoms with Gasteiger partial charge in [-0.3, -0.25) is 0 Å². The molecule has 5 heteroatoms. The summed E-state index contributed by atoms with van der Waals surface area (Å²) >= 11 is 0. The van der Waals surface area contributed by atoms with Gasteiger partial charge in [0, 0.05) is 17.4 Å². The van der Waals surface area contributed by atoms with E-state index in [1.807, 2.05) is 0 Å². The van der Waals surface area contributed by atoms with Gasteiger partial charge in [-0.05, 0) is 6.07 Å². The van der Waals surface area contributed by atoms with Crippen molar-refractivity contribution >= 4 is 9.84 Å². The molecule has 0 bridgehead atoms. The maximum atomic E-state index is 13.2. The van der Waals surface area contributed by atoms with Crippen LogP contribution in [-0.4, -0.2) is 19.9 Å². The van der Waals surface area contributed by atoms with E-state index in [4.69, 9.17) is 5.73 Å². The summed E-state index contributed by atoms with van der Waals surface area (Å²) in [5.41, 5.74) is 5.88. The average molecular weight is 231 g/mol. The van der Waals surface area contributed by atoms with Gasteiger partial charge >= 0.3 is 0 Å². The number of hydrogen-bond donors (Lipinski definition) is 1. The lowest BCUT2D eigenvalue weighted by Crippen LogP contribution is -2.23. The minimum Gasteiger partial charge on any atom is -0.323 e. The lowest BCUT2D eigenvalue weighted by Gasteiger charge is -2.12. The summed E-state index contributed by atoms with van der Waals surface area (Å²) in [4.78, 5) is 0. The van der Waals surface area contributed by atoms with Crippen LogP contribution in [0, 0.1) is 5.82 Å². The van der Waals surface area contributed by atoms with Gasteiger partial charge in [-0.2, -0.15) is 0 Å². The summed E-state index contributed by atoms with van der Waals surface area (Å²) in [6, 6.07) is 5.16. The second-order valence-electron chi connectivity index (χ2n) is 3.33. The summed E-state index contributed by atoms with van der Waals surface area (Å²) < 4.78 is 35.8. The van der Waals surface area contributed by atoms with Crippen LogP contribution in [0.25, 0.3) is 0 Å². The summed E-state index contributed by atoms with van der Waals surface area (Å²) in [5.74, 6) is -0.657. The predicted molar refractivity (Wildman–Crippen MR) is 57.7 cm³/mol. The Labute approximate surface area is 89.0 Å². The zero-order valence-corrected chi connectivity index (χ0v) is 9.30. The lowest BCUT2D eigenvalue weighted by atomic mass is 10.1. The van der Waals surface area contributed by atoms with E-state index >= 15 is 0 Å². The molecule has 0 radical (unpaired) electrons. The maximum absolute atomic E-state index is 13.2. The molecular formula is C10H14FNO2S. The van der Waals surface area contributed by atoms with E-state index in [2.05, 4.69) is 0 Å². The molecule has 1 aromatic carbocycles. The normalized spacial score (nSPS) is 13.8. The molecule has 0 heterocycles. The maximum Gasteiger partial charge on any atom is 0.151 e. The first-order chi connectivity index (χ1) is 6.96. The van der Waals surface area contributed by atoms with Crippen molar-refractivity contribution in [3.63, 3.8) is 0 Å². The van der Waals surface area contributed by atoms with Gasteiger partial charge in [-0.1, -0.05) is 25.1 Å². The van der Waals surface area contributed by atoms with Crippen molar-refractivity contribution in [3.8, 4) is 0 Å². The van der Waals surface area contributed by atoms with Crippen LogP contribution in [0.4, 0.5) is 4.39 Å². The fraction of sp³-hybridized carbons (Fsp3) is 0.400. The molecule has 1 atom stereocenters. The number of hydrogen-bond acceptors (Lipinski definition) is 3. The molecule has 0 unspecified atom stereocenters. The SMILES string of the molecule is CCS(=O)(=O)C[C@@H](N)c1ccccc1F. The summed E-state index contributed by atoms with van der Waals surface area (Å²) in [5, 5.41) is 0. The van der Waals surface area contributed by atoms with Crippen LogP contribution in [0.5, 0.6) is 0 Å². The Kier molecular flexibility index (Phi) is 3.82. The average Bonchev–Trinajstić information content (AvgIpc) is 2.17. The van der Waals surface area contributed by atoms with Crippen molar-refractivity contribution in [2.24, 2.45) is 5.73 Å². The summed E-state index contributed by atoms with van der Waals surface area (Å²) in [6.07, 6.45) is 0. The van der Waals surface area contributed by atoms with E-state index in [1.165, 1.54) is 12.1 Å². The van der Waals surface area contributed by atoms with Crippen molar-refractivity contribution in [3.05, 3.63) is 35.6 Å². The Bertz CT molecular complexity index is 431. The molecule has 0 aliphatic heterocycles. The van der Waals surface area contributed by atoms with E-state index in [1.54, 1.807) is 19.1 Å². The first-order valence-electron chi connectivity index (χ1n) is 4.66. The standard InChI is InChI=1S/C10H14FNO2S/c1-2-15(13,14)7-10(12)8-5-3-4-6-9(8)11/h3-6,10H,2,7,12H2,1H3/t10-/m1/s1. The molecule has 84 valence electrons. The molecule has 0 aliphatic rings. The molecule has 15 heavy (non-hydrogen) atoms. The molecule has 1 aromatic rings. The van der Waals surface area contributed by atoms with E-state index in [0.29, 0.717) is 0 Å². The molecule has 2 N–H and O–H groups in total. The highest BCUT2D eigenvalue weighted by molar-refractivity contribution is 7.91. The number of sulfone groups is 1. The van der Waals surface area contributed by atoms with Gasteiger partial charge in [0.1, 0.15) is 5.82 Å². The van der Waals surface area contributed by atoms with Crippen LogP contribution in [0.15, 0.2) is 24.3 Å². The van der Waals surface area contributed by atoms with Crippen LogP contribution in [0.1, 0.15) is 18.5 Å². The van der Waals surface area contributed by atoms with E-state index in [-0.39, 0.29) is 17.1 Å². The fourth-order valence-electron chi connectivity index (χ4n) is 1.26. The second kappa shape index (κ2) is 4.72. The van der Waals surface area contributed by atoms with Crippen molar-refractivity contribution in [1.82, 2.24) is 0 Å². The highest BCUT2D eigenvalue weighted by Gasteiger charge is 2.17. The Morgan fingerprint density at radius 1 is 1.40 bits per heavy atom. The van der Waals surface area contributed by atoms with Gasteiger partial charge in [0.25, 0.3) is 0 Å². The monoisotopic (exact) mass is 231 g/mol. The highest BCUT2D eigenvalue weighted by Crippen LogP contribution is 2.16. The third-order valence-corrected chi connectivity index (χ3v) is 3.92. The molecule has 0 amide bonds. The van der Waals surface area contributed by atoms with Crippen molar-refractivity contribution in [2.75, 3.05) is 11.5 Å². The first kappa shape index (κ1) is 12.1. The number of rotatable bonds is 4. The molecule has 3 nitrogen and oxygen atoms in total. The Morgan fingerprint density at radius 3 is 2.53 bits per heavy atom. The number of nitrogens with two attached hydrogens (primary N) is 1. The predicted octanol–water partition coefficient (Wildman–Crippen LogP) is 1.26. The third kappa shape index (κ3) is 3.28. The minimum absolute atomic E-state index is 0.0230. The van der Waals surface area contributed by atoms with Gasteiger partial charge < -0.3 is 5.73 Å². The number of halogens is 1. The topological polar surface area (TPSA) is 60.2 Å². The van der Waals surface area contributed by atoms with Crippen LogP contribution in [0.2, 0.25) is 0 Å². The van der Waals surface area contributed by atoms with Crippen LogP contribution >= 0.6 is 0 Å². The minimum atomic E-state index is -3.18. The summed E-state index contributed by atoms with van der Waals surface area (Å²) in [6.45, 7) is 1.55. The molecule has 0 saturated heterocycles. The third-order valence-electron chi connectivity index (χ3n) is 2.18. The van der Waals surface area contributed by atoms with E-state index in [9.17, 15) is 12.8 Å². The lowest BCUT2D eigenvalue weighted by molar-refractivity contribution is 0.576. The summed E-state index contributed by atoms with van der Waals surface area (Å²) in [7, 11) is -3.18. The second-order valence-corrected chi connectivity index (χ2v) is 5.72. The highest BCUT2D eigenvalue weighted by atomic mass is 32.2. The quantitative estimate of drug-likeness (QED) is 0.848. The first-order valence-corrected chi connectivity index (χ1v) is 6.49. The van der Waals surface area contributed by atoms with Crippen LogP contribution < -0.4 is 5.73 Å². The van der Waals surface area contributed by atoms with Crippen molar-refractivity contribution < 1.29 is 12.8 Å². The molecule has 0 fully saturated rings. The van der Waals surface area contributed by atoms with Crippen LogP contribution in [-0.2, 0) is 9.84 Å². The van der Waals surface area contributed by atoms with E-state index in [0.717, 1.165) is 0 Å². The van der Waals surface area contributed by atoms with Gasteiger partial charge in [0.15, 0.2) is 9.84 Å². The fourth-order valence-corrected chi connectivity index (χ4v) is 2.22. The van der Waals surface area contributed by atoms with E-state index < -0.39 is 21.7 Å². The van der Waals surface area contributed by atoms with Gasteiger partial charge in [-0.15, -0.1) is 0 Å². The molecule has 0 aromatic heterocycles. The molecule has 0 spiro atoms. The smallest absolute Gasteiger partial charge is 0.151 e. The van der Waals surface area contributed by atoms with Gasteiger partial charge in [-0.25, -0.2) is 12.8 Å². The molecule has 1 rings (SSSR count). The Morgan fingerprint density at radius 2 is 2.00 bits per heavy atom. The molecule has 0 aliphatic carbocycles. The zero-order valence-electron chi connectivity index (χ0n) is 8.48. The largest absolute Gasteiger partial charge is 0.323 e.